The van der Waals surface area contributed by atoms with Gasteiger partial charge in [-0.15, -0.1) is 0 Å². The van der Waals surface area contributed by atoms with Gasteiger partial charge in [0.05, 0.1) is 0 Å². The van der Waals surface area contributed by atoms with Crippen LogP contribution in [0.1, 0.15) is 58.3 Å². The predicted octanol–water partition coefficient (Wildman–Crippen LogP) is 2.90. The van der Waals surface area contributed by atoms with Crippen LogP contribution in [0.15, 0.2) is 0 Å². The molecule has 0 amide bonds. The fraction of sp³-hybridized carbons (Fsp3) is 0.846. The first-order chi connectivity index (χ1) is 7.12. The van der Waals surface area contributed by atoms with E-state index in [2.05, 4.69) is 6.92 Å². The Kier molecular flexibility index (Phi) is 2.94. The highest BCUT2D eigenvalue weighted by Crippen LogP contribution is 2.45. The van der Waals surface area contributed by atoms with Crippen molar-refractivity contribution in [3.05, 3.63) is 0 Å². The second-order valence-corrected chi connectivity index (χ2v) is 5.46. The summed E-state index contributed by atoms with van der Waals surface area (Å²) in [5, 5.41) is 0. The van der Waals surface area contributed by atoms with E-state index in [1.54, 1.807) is 0 Å². The van der Waals surface area contributed by atoms with Crippen molar-refractivity contribution in [3.8, 4) is 0 Å². The van der Waals surface area contributed by atoms with E-state index in [4.69, 9.17) is 0 Å². The summed E-state index contributed by atoms with van der Waals surface area (Å²) in [5.74, 6) is 1.09. The van der Waals surface area contributed by atoms with E-state index in [0.29, 0.717) is 24.4 Å². The molecule has 0 bridgehead atoms. The summed E-state index contributed by atoms with van der Waals surface area (Å²) in [6.45, 7) is 2.22. The lowest BCUT2D eigenvalue weighted by Crippen LogP contribution is -2.38. The second kappa shape index (κ2) is 4.07. The summed E-state index contributed by atoms with van der Waals surface area (Å²) in [4.78, 5) is 23.1. The second-order valence-electron chi connectivity index (χ2n) is 5.46. The van der Waals surface area contributed by atoms with Crippen LogP contribution >= 0.6 is 0 Å². The standard InChI is InChI=1S/C13H20O2/c1-13(8-6-10(14)7-9-13)11-4-2-3-5-12(11)15/h11H,2-9H2,1H3. The van der Waals surface area contributed by atoms with E-state index in [1.165, 1.54) is 6.42 Å². The molecule has 2 aliphatic rings. The number of hydrogen-bond acceptors (Lipinski definition) is 2. The fourth-order valence-electron chi connectivity index (χ4n) is 3.17. The molecule has 2 rings (SSSR count). The minimum Gasteiger partial charge on any atom is -0.300 e. The van der Waals surface area contributed by atoms with E-state index in [-0.39, 0.29) is 11.3 Å². The van der Waals surface area contributed by atoms with E-state index < -0.39 is 0 Å². The smallest absolute Gasteiger partial charge is 0.136 e. The zero-order valence-corrected chi connectivity index (χ0v) is 9.55. The maximum absolute atomic E-state index is 11.9. The van der Waals surface area contributed by atoms with Crippen LogP contribution in [0.25, 0.3) is 0 Å². The summed E-state index contributed by atoms with van der Waals surface area (Å²) in [5.41, 5.74) is 0.130. The summed E-state index contributed by atoms with van der Waals surface area (Å²) in [6, 6.07) is 0. The Morgan fingerprint density at radius 3 is 2.33 bits per heavy atom. The third kappa shape index (κ3) is 2.14. The maximum atomic E-state index is 11.9. The Bertz CT molecular complexity index is 270. The van der Waals surface area contributed by atoms with Crippen molar-refractivity contribution in [2.24, 2.45) is 11.3 Å². The van der Waals surface area contributed by atoms with Gasteiger partial charge in [-0.25, -0.2) is 0 Å². The lowest BCUT2D eigenvalue weighted by atomic mass is 9.62. The van der Waals surface area contributed by atoms with Crippen LogP contribution in [0, 0.1) is 11.3 Å². The molecule has 0 saturated heterocycles. The van der Waals surface area contributed by atoms with Crippen LogP contribution in [0.5, 0.6) is 0 Å². The molecule has 15 heavy (non-hydrogen) atoms. The van der Waals surface area contributed by atoms with Gasteiger partial charge in [0.2, 0.25) is 0 Å². The van der Waals surface area contributed by atoms with Crippen molar-refractivity contribution in [1.82, 2.24) is 0 Å². The van der Waals surface area contributed by atoms with Gasteiger partial charge >= 0.3 is 0 Å². The lowest BCUT2D eigenvalue weighted by Gasteiger charge is -2.41. The molecule has 1 atom stereocenters. The Morgan fingerprint density at radius 2 is 1.73 bits per heavy atom. The highest BCUT2D eigenvalue weighted by molar-refractivity contribution is 5.83. The van der Waals surface area contributed by atoms with Crippen molar-refractivity contribution in [1.29, 1.82) is 0 Å². The molecule has 0 spiro atoms. The summed E-state index contributed by atoms with van der Waals surface area (Å²) in [7, 11) is 0. The predicted molar refractivity (Wildman–Crippen MR) is 58.5 cm³/mol. The number of carbonyl (C=O) groups excluding carboxylic acids is 2. The molecule has 84 valence electrons. The molecule has 0 aromatic rings. The molecular formula is C13H20O2. The first-order valence-corrected chi connectivity index (χ1v) is 6.16. The van der Waals surface area contributed by atoms with Gasteiger partial charge in [0.15, 0.2) is 0 Å². The largest absolute Gasteiger partial charge is 0.300 e. The zero-order valence-electron chi connectivity index (χ0n) is 9.55. The molecule has 2 nitrogen and oxygen atoms in total. The summed E-state index contributed by atoms with van der Waals surface area (Å²) in [6.07, 6.45) is 7.35. The summed E-state index contributed by atoms with van der Waals surface area (Å²) < 4.78 is 0. The van der Waals surface area contributed by atoms with Crippen molar-refractivity contribution < 1.29 is 9.59 Å². The quantitative estimate of drug-likeness (QED) is 0.664. The van der Waals surface area contributed by atoms with Gasteiger partial charge in [-0.05, 0) is 31.1 Å². The van der Waals surface area contributed by atoms with Crippen molar-refractivity contribution in [2.45, 2.75) is 58.3 Å². The molecular weight excluding hydrogens is 188 g/mol. The van der Waals surface area contributed by atoms with Gasteiger partial charge in [0.25, 0.3) is 0 Å². The van der Waals surface area contributed by atoms with Gasteiger partial charge in [0.1, 0.15) is 11.6 Å². The van der Waals surface area contributed by atoms with Gasteiger partial charge in [-0.3, -0.25) is 9.59 Å². The molecule has 0 aliphatic heterocycles. The van der Waals surface area contributed by atoms with Crippen LogP contribution in [0.3, 0.4) is 0 Å². The highest BCUT2D eigenvalue weighted by atomic mass is 16.1. The van der Waals surface area contributed by atoms with Gasteiger partial charge in [0, 0.05) is 25.2 Å². The normalized spacial score (nSPS) is 31.7. The first-order valence-electron chi connectivity index (χ1n) is 6.16. The van der Waals surface area contributed by atoms with Gasteiger partial charge < -0.3 is 0 Å². The van der Waals surface area contributed by atoms with Gasteiger partial charge in [-0.1, -0.05) is 13.3 Å². The molecule has 1 unspecified atom stereocenters. The highest BCUT2D eigenvalue weighted by Gasteiger charge is 2.41. The van der Waals surface area contributed by atoms with E-state index in [0.717, 1.165) is 32.1 Å². The molecule has 0 heterocycles. The molecule has 0 aromatic carbocycles. The lowest BCUT2D eigenvalue weighted by molar-refractivity contribution is -0.133. The Morgan fingerprint density at radius 1 is 1.07 bits per heavy atom. The minimum atomic E-state index is 0.130. The molecule has 0 radical (unpaired) electrons. The molecule has 2 saturated carbocycles. The number of rotatable bonds is 1. The Hall–Kier alpha value is -0.660. The molecule has 2 heteroatoms. The number of hydrogen-bond donors (Lipinski definition) is 0. The number of carbonyl (C=O) groups is 2. The van der Waals surface area contributed by atoms with E-state index >= 15 is 0 Å². The van der Waals surface area contributed by atoms with E-state index in [1.807, 2.05) is 0 Å². The topological polar surface area (TPSA) is 34.1 Å². The SMILES string of the molecule is CC1(C2CCCCC2=O)CCC(=O)CC1. The van der Waals surface area contributed by atoms with E-state index in [9.17, 15) is 9.59 Å². The first kappa shape index (κ1) is 10.8. The zero-order chi connectivity index (χ0) is 10.9. The van der Waals surface area contributed by atoms with Crippen LogP contribution in [-0.2, 0) is 9.59 Å². The third-order valence-corrected chi connectivity index (χ3v) is 4.35. The molecule has 2 fully saturated rings. The van der Waals surface area contributed by atoms with Crippen LogP contribution in [-0.4, -0.2) is 11.6 Å². The van der Waals surface area contributed by atoms with Crippen molar-refractivity contribution >= 4 is 11.6 Å². The van der Waals surface area contributed by atoms with Gasteiger partial charge in [-0.2, -0.15) is 0 Å². The number of Topliss-reactive ketones (excluding diaryl/α,β-unsaturated/α-hetero) is 2. The summed E-state index contributed by atoms with van der Waals surface area (Å²) >= 11 is 0. The third-order valence-electron chi connectivity index (χ3n) is 4.35. The maximum Gasteiger partial charge on any atom is 0.136 e. The van der Waals surface area contributed by atoms with Crippen LogP contribution < -0.4 is 0 Å². The average Bonchev–Trinajstić information content (AvgIpc) is 2.23. The van der Waals surface area contributed by atoms with Crippen molar-refractivity contribution in [3.63, 3.8) is 0 Å². The van der Waals surface area contributed by atoms with Crippen molar-refractivity contribution in [2.75, 3.05) is 0 Å². The molecule has 0 N–H and O–H groups in total. The minimum absolute atomic E-state index is 0.130. The molecule has 2 aliphatic carbocycles. The Labute approximate surface area is 91.4 Å². The number of ketones is 2. The van der Waals surface area contributed by atoms with Crippen LogP contribution in [0.4, 0.5) is 0 Å². The average molecular weight is 208 g/mol. The molecule has 0 aromatic heterocycles. The Balaban J connectivity index is 2.07. The van der Waals surface area contributed by atoms with Crippen LogP contribution in [0.2, 0.25) is 0 Å². The fourth-order valence-corrected chi connectivity index (χ4v) is 3.17. The monoisotopic (exact) mass is 208 g/mol.